The van der Waals surface area contributed by atoms with Crippen LogP contribution in [0.3, 0.4) is 0 Å². The molecule has 0 aliphatic heterocycles. The Balaban J connectivity index is 1.87. The van der Waals surface area contributed by atoms with Crippen LogP contribution >= 0.6 is 0 Å². The van der Waals surface area contributed by atoms with Gasteiger partial charge < -0.3 is 31.7 Å². The number of benzene rings is 1. The number of phenolic OH excluding ortho intramolecular Hbond substituents is 1. The first-order chi connectivity index (χ1) is 14.4. The number of nitrogens with two attached hydrogens (primary N) is 2. The van der Waals surface area contributed by atoms with E-state index in [0.717, 1.165) is 0 Å². The zero-order valence-electron chi connectivity index (χ0n) is 17.1. The third kappa shape index (κ3) is 2.68. The molecular weight excluding hydrogens is 406 g/mol. The lowest BCUT2D eigenvalue weighted by Crippen LogP contribution is -2.75. The third-order valence-electron chi connectivity index (χ3n) is 7.21. The summed E-state index contributed by atoms with van der Waals surface area (Å²) < 4.78 is 0. The standard InChI is InChI=1S/C21H25N3O7/c1-24(2)15-9-6-7-5-8-10(22)3-4-11(25)13(8)16(26)12(7)18(28)21(9,31)19(29)14(17(15)27)20(23)30/h3-4,7,9,12,14-15,17,25,27,31H,5-6,22H2,1-2H3,(H2,23,30)/t7?,9?,12?,14?,15-,17?,21-/m0/s1. The van der Waals surface area contributed by atoms with E-state index in [1.165, 1.54) is 17.0 Å². The van der Waals surface area contributed by atoms with Crippen LogP contribution in [0.4, 0.5) is 5.69 Å². The van der Waals surface area contributed by atoms with E-state index >= 15 is 0 Å². The summed E-state index contributed by atoms with van der Waals surface area (Å²) in [7, 11) is 3.19. The van der Waals surface area contributed by atoms with Gasteiger partial charge in [0.2, 0.25) is 5.91 Å². The smallest absolute Gasteiger partial charge is 0.230 e. The monoisotopic (exact) mass is 431 g/mol. The van der Waals surface area contributed by atoms with Crippen molar-refractivity contribution in [3.63, 3.8) is 0 Å². The van der Waals surface area contributed by atoms with Gasteiger partial charge in [-0.05, 0) is 50.6 Å². The predicted octanol–water partition coefficient (Wildman–Crippen LogP) is -1.76. The van der Waals surface area contributed by atoms with Crippen molar-refractivity contribution in [3.8, 4) is 5.75 Å². The van der Waals surface area contributed by atoms with Gasteiger partial charge in [-0.15, -0.1) is 0 Å². The van der Waals surface area contributed by atoms with E-state index in [1.54, 1.807) is 14.1 Å². The van der Waals surface area contributed by atoms with Crippen molar-refractivity contribution in [2.75, 3.05) is 19.8 Å². The molecule has 7 N–H and O–H groups in total. The fraction of sp³-hybridized carbons (Fsp3) is 0.524. The summed E-state index contributed by atoms with van der Waals surface area (Å²) in [5.41, 5.74) is 9.30. The normalized spacial score (nSPS) is 37.3. The molecule has 1 aromatic rings. The number of aromatic hydroxyl groups is 1. The van der Waals surface area contributed by atoms with Gasteiger partial charge in [-0.25, -0.2) is 0 Å². The average Bonchev–Trinajstić information content (AvgIpc) is 2.67. The minimum absolute atomic E-state index is 0.0598. The van der Waals surface area contributed by atoms with Crippen molar-refractivity contribution in [2.45, 2.75) is 30.6 Å². The SMILES string of the molecule is CN(C)[C@@H]1C(O)C(C(N)=O)C(=O)[C@@]2(O)C(=O)C3C(=O)c4c(O)ccc(N)c4CC3CC12. The zero-order valence-corrected chi connectivity index (χ0v) is 17.1. The Kier molecular flexibility index (Phi) is 4.73. The number of nitrogen functional groups attached to an aromatic ring is 1. The molecule has 1 aromatic carbocycles. The number of ketones is 3. The molecule has 0 spiro atoms. The highest BCUT2D eigenvalue weighted by Gasteiger charge is 2.69. The fourth-order valence-electron chi connectivity index (χ4n) is 5.85. The van der Waals surface area contributed by atoms with Crippen molar-refractivity contribution in [1.29, 1.82) is 0 Å². The molecular formula is C21H25N3O7. The number of aliphatic hydroxyl groups excluding tert-OH is 1. The molecule has 4 rings (SSSR count). The number of phenols is 1. The van der Waals surface area contributed by atoms with Gasteiger partial charge in [0.05, 0.1) is 17.6 Å². The largest absolute Gasteiger partial charge is 0.507 e. The van der Waals surface area contributed by atoms with Gasteiger partial charge >= 0.3 is 0 Å². The number of hydrogen-bond acceptors (Lipinski definition) is 9. The molecule has 0 aromatic heterocycles. The molecule has 166 valence electrons. The van der Waals surface area contributed by atoms with E-state index in [9.17, 15) is 34.5 Å². The highest BCUT2D eigenvalue weighted by Crippen LogP contribution is 2.51. The van der Waals surface area contributed by atoms with Crippen LogP contribution < -0.4 is 11.5 Å². The molecule has 5 unspecified atom stereocenters. The number of rotatable bonds is 2. The summed E-state index contributed by atoms with van der Waals surface area (Å²) in [5, 5.41) is 32.4. The predicted molar refractivity (Wildman–Crippen MR) is 107 cm³/mol. The molecule has 10 heteroatoms. The van der Waals surface area contributed by atoms with Crippen LogP contribution in [0.15, 0.2) is 12.1 Å². The third-order valence-corrected chi connectivity index (χ3v) is 7.21. The maximum Gasteiger partial charge on any atom is 0.230 e. The number of likely N-dealkylation sites (N-methyl/N-ethyl adjacent to an activating group) is 1. The topological polar surface area (TPSA) is 184 Å². The number of nitrogens with zero attached hydrogens (tertiary/aromatic N) is 1. The van der Waals surface area contributed by atoms with E-state index in [4.69, 9.17) is 11.5 Å². The van der Waals surface area contributed by atoms with E-state index in [0.29, 0.717) is 11.3 Å². The molecule has 3 aliphatic rings. The second-order valence-electron chi connectivity index (χ2n) is 9.00. The molecule has 31 heavy (non-hydrogen) atoms. The molecule has 0 radical (unpaired) electrons. The van der Waals surface area contributed by atoms with Crippen LogP contribution in [0, 0.1) is 23.7 Å². The maximum atomic E-state index is 13.5. The fourth-order valence-corrected chi connectivity index (χ4v) is 5.85. The Bertz CT molecular complexity index is 1020. The minimum atomic E-state index is -2.65. The van der Waals surface area contributed by atoms with Gasteiger partial charge in [0, 0.05) is 17.6 Å². The van der Waals surface area contributed by atoms with Crippen LogP contribution in [0.5, 0.6) is 5.75 Å². The number of hydrogen-bond donors (Lipinski definition) is 5. The molecule has 2 fully saturated rings. The molecule has 2 saturated carbocycles. The summed E-state index contributed by atoms with van der Waals surface area (Å²) in [6.07, 6.45) is -1.27. The van der Waals surface area contributed by atoms with Crippen LogP contribution in [0.2, 0.25) is 0 Å². The molecule has 7 atom stereocenters. The molecule has 0 bridgehead atoms. The number of fused-ring (bicyclic) bond motifs is 3. The van der Waals surface area contributed by atoms with Crippen molar-refractivity contribution in [3.05, 3.63) is 23.3 Å². The maximum absolute atomic E-state index is 13.5. The number of carbonyl (C=O) groups is 4. The summed E-state index contributed by atoms with van der Waals surface area (Å²) in [4.78, 5) is 53.4. The lowest BCUT2D eigenvalue weighted by atomic mass is 9.52. The number of carbonyl (C=O) groups excluding carboxylic acids is 4. The Morgan fingerprint density at radius 2 is 1.84 bits per heavy atom. The zero-order chi connectivity index (χ0) is 23.0. The summed E-state index contributed by atoms with van der Waals surface area (Å²) in [6, 6.07) is 1.80. The van der Waals surface area contributed by atoms with E-state index in [2.05, 4.69) is 0 Å². The summed E-state index contributed by atoms with van der Waals surface area (Å²) >= 11 is 0. The van der Waals surface area contributed by atoms with E-state index in [1.807, 2.05) is 0 Å². The first-order valence-electron chi connectivity index (χ1n) is 10.0. The number of anilines is 1. The van der Waals surface area contributed by atoms with Gasteiger partial charge in [-0.2, -0.15) is 0 Å². The van der Waals surface area contributed by atoms with Crippen molar-refractivity contribution < 1.29 is 34.5 Å². The number of Topliss-reactive ketones (excluding diaryl/α,β-unsaturated/α-hetero) is 3. The Labute approximate surface area is 177 Å². The number of aliphatic hydroxyl groups is 2. The second kappa shape index (κ2) is 6.84. The van der Waals surface area contributed by atoms with Gasteiger partial charge in [0.1, 0.15) is 11.7 Å². The van der Waals surface area contributed by atoms with Crippen LogP contribution in [-0.4, -0.2) is 75.3 Å². The van der Waals surface area contributed by atoms with Gasteiger partial charge in [-0.3, -0.25) is 19.2 Å². The van der Waals surface area contributed by atoms with Crippen molar-refractivity contribution in [1.82, 2.24) is 4.90 Å². The number of amides is 1. The lowest BCUT2D eigenvalue weighted by Gasteiger charge is -2.54. The molecule has 1 amide bonds. The minimum Gasteiger partial charge on any atom is -0.507 e. The Morgan fingerprint density at radius 3 is 2.42 bits per heavy atom. The van der Waals surface area contributed by atoms with E-state index < -0.39 is 64.7 Å². The number of primary amides is 1. The van der Waals surface area contributed by atoms with Crippen LogP contribution in [0.25, 0.3) is 0 Å². The van der Waals surface area contributed by atoms with Gasteiger partial charge in [-0.1, -0.05) is 0 Å². The molecule has 0 heterocycles. The molecule has 0 saturated heterocycles. The van der Waals surface area contributed by atoms with Crippen molar-refractivity contribution in [2.24, 2.45) is 29.4 Å². The van der Waals surface area contributed by atoms with Gasteiger partial charge in [0.25, 0.3) is 0 Å². The van der Waals surface area contributed by atoms with E-state index in [-0.39, 0.29) is 24.2 Å². The lowest BCUT2D eigenvalue weighted by molar-refractivity contribution is -0.190. The van der Waals surface area contributed by atoms with Crippen LogP contribution in [0.1, 0.15) is 22.3 Å². The summed E-state index contributed by atoms with van der Waals surface area (Å²) in [6.45, 7) is 0. The highest BCUT2D eigenvalue weighted by atomic mass is 16.3. The molecule has 3 aliphatic carbocycles. The quantitative estimate of drug-likeness (QED) is 0.206. The Hall–Kier alpha value is -2.82. The highest BCUT2D eigenvalue weighted by molar-refractivity contribution is 6.25. The second-order valence-corrected chi connectivity index (χ2v) is 9.00. The van der Waals surface area contributed by atoms with Crippen LogP contribution in [-0.2, 0) is 20.8 Å². The average molecular weight is 431 g/mol. The first kappa shape index (κ1) is 21.4. The Morgan fingerprint density at radius 1 is 1.19 bits per heavy atom. The summed E-state index contributed by atoms with van der Waals surface area (Å²) in [5.74, 6) is -9.23. The van der Waals surface area contributed by atoms with Crippen molar-refractivity contribution >= 4 is 28.9 Å². The molecule has 10 nitrogen and oxygen atoms in total. The van der Waals surface area contributed by atoms with Gasteiger partial charge in [0.15, 0.2) is 23.0 Å². The first-order valence-corrected chi connectivity index (χ1v) is 10.0.